The fourth-order valence-electron chi connectivity index (χ4n) is 3.51. The van der Waals surface area contributed by atoms with E-state index in [0.717, 1.165) is 37.2 Å². The van der Waals surface area contributed by atoms with E-state index in [4.69, 9.17) is 16.2 Å². The number of hydrogen-bond donors (Lipinski definition) is 4. The first kappa shape index (κ1) is 20.0. The van der Waals surface area contributed by atoms with E-state index in [-0.39, 0.29) is 18.5 Å². The van der Waals surface area contributed by atoms with Gasteiger partial charge in [-0.3, -0.25) is 14.6 Å². The highest BCUT2D eigenvalue weighted by molar-refractivity contribution is 6.00. The first-order valence-corrected chi connectivity index (χ1v) is 8.32. The van der Waals surface area contributed by atoms with Gasteiger partial charge in [-0.1, -0.05) is 6.07 Å². The summed E-state index contributed by atoms with van der Waals surface area (Å²) >= 11 is 0. The van der Waals surface area contributed by atoms with Crippen LogP contribution in [0, 0.1) is 6.92 Å². The van der Waals surface area contributed by atoms with Crippen molar-refractivity contribution in [1.29, 1.82) is 0 Å². The molecular formula is C17H24ClN5O3. The van der Waals surface area contributed by atoms with Gasteiger partial charge >= 0.3 is 0 Å². The van der Waals surface area contributed by atoms with E-state index in [1.165, 1.54) is 6.34 Å². The summed E-state index contributed by atoms with van der Waals surface area (Å²) in [5.41, 5.74) is 10.9. The molecule has 0 aliphatic carbocycles. The number of piperidine rings is 1. The molecule has 1 aromatic carbocycles. The van der Waals surface area contributed by atoms with Gasteiger partial charge in [0.1, 0.15) is 11.9 Å². The second-order valence-electron chi connectivity index (χ2n) is 6.44. The van der Waals surface area contributed by atoms with Crippen molar-refractivity contribution in [3.05, 3.63) is 29.3 Å². The van der Waals surface area contributed by atoms with Gasteiger partial charge in [0.05, 0.1) is 6.34 Å². The number of rotatable bonds is 5. The summed E-state index contributed by atoms with van der Waals surface area (Å²) in [4.78, 5) is 28.0. The highest BCUT2D eigenvalue weighted by Crippen LogP contribution is 2.34. The first-order chi connectivity index (χ1) is 11.9. The molecule has 0 bridgehead atoms. The quantitative estimate of drug-likeness (QED) is 0.556. The number of amides is 2. The third-order valence-corrected chi connectivity index (χ3v) is 4.80. The Kier molecular flexibility index (Phi) is 6.09. The Labute approximate surface area is 158 Å². The molecule has 1 fully saturated rings. The monoisotopic (exact) mass is 381 g/mol. The number of hydrogen-bond acceptors (Lipinski definition) is 6. The minimum atomic E-state index is -1.47. The number of benzene rings is 1. The Morgan fingerprint density at radius 3 is 2.54 bits per heavy atom. The Balaban J connectivity index is 0.00000243. The van der Waals surface area contributed by atoms with Crippen LogP contribution in [0.15, 0.2) is 23.2 Å². The summed E-state index contributed by atoms with van der Waals surface area (Å²) in [6, 6.07) is 4.29. The number of nitrogens with two attached hydrogens (primary N) is 2. The smallest absolute Gasteiger partial charge is 0.250 e. The lowest BCUT2D eigenvalue weighted by atomic mass is 9.80. The normalized spacial score (nSPS) is 25.2. The lowest BCUT2D eigenvalue weighted by Gasteiger charge is -2.32. The predicted octanol–water partition coefficient (Wildman–Crippen LogP) is -0.286. The SMILES string of the molecule is Cc1cc(OC2CCNCC2)ccc1C1(C(N)=O)NC=NC1C(N)=O.Cl. The van der Waals surface area contributed by atoms with Crippen LogP contribution in [0.25, 0.3) is 0 Å². The number of primary amides is 2. The number of halogens is 1. The highest BCUT2D eigenvalue weighted by atomic mass is 35.5. The summed E-state index contributed by atoms with van der Waals surface area (Å²) in [6.45, 7) is 3.72. The molecule has 0 spiro atoms. The summed E-state index contributed by atoms with van der Waals surface area (Å²) in [6.07, 6.45) is 3.37. The summed E-state index contributed by atoms with van der Waals surface area (Å²) in [5, 5.41) is 6.14. The number of aliphatic imine (C=N–C) groups is 1. The van der Waals surface area contributed by atoms with Gasteiger partial charge in [0.25, 0.3) is 5.91 Å². The molecule has 0 saturated carbocycles. The number of carbonyl (C=O) groups is 2. The molecule has 2 aliphatic heterocycles. The third kappa shape index (κ3) is 3.47. The molecule has 2 heterocycles. The summed E-state index contributed by atoms with van der Waals surface area (Å²) in [5.74, 6) is -0.694. The third-order valence-electron chi connectivity index (χ3n) is 4.80. The lowest BCUT2D eigenvalue weighted by molar-refractivity contribution is -0.130. The fraction of sp³-hybridized carbons (Fsp3) is 0.471. The Morgan fingerprint density at radius 1 is 1.27 bits per heavy atom. The van der Waals surface area contributed by atoms with Crippen molar-refractivity contribution in [2.75, 3.05) is 13.1 Å². The van der Waals surface area contributed by atoms with E-state index >= 15 is 0 Å². The van der Waals surface area contributed by atoms with Crippen molar-refractivity contribution in [3.8, 4) is 5.75 Å². The van der Waals surface area contributed by atoms with Crippen molar-refractivity contribution < 1.29 is 14.3 Å². The van der Waals surface area contributed by atoms with E-state index in [1.807, 2.05) is 13.0 Å². The van der Waals surface area contributed by atoms with Crippen molar-refractivity contribution in [2.45, 2.75) is 37.5 Å². The maximum absolute atomic E-state index is 12.2. The molecule has 1 aromatic rings. The average molecular weight is 382 g/mol. The van der Waals surface area contributed by atoms with E-state index in [9.17, 15) is 9.59 Å². The van der Waals surface area contributed by atoms with E-state index in [1.54, 1.807) is 12.1 Å². The molecule has 8 nitrogen and oxygen atoms in total. The zero-order valence-corrected chi connectivity index (χ0v) is 15.3. The van der Waals surface area contributed by atoms with Crippen LogP contribution in [0.1, 0.15) is 24.0 Å². The number of nitrogens with zero attached hydrogens (tertiary/aromatic N) is 1. The molecule has 3 rings (SSSR count). The minimum absolute atomic E-state index is 0. The van der Waals surface area contributed by atoms with Gasteiger partial charge in [0.15, 0.2) is 11.6 Å². The van der Waals surface area contributed by atoms with Crippen molar-refractivity contribution in [2.24, 2.45) is 16.5 Å². The van der Waals surface area contributed by atoms with E-state index in [0.29, 0.717) is 5.56 Å². The average Bonchev–Trinajstić information content (AvgIpc) is 3.02. The number of nitrogens with one attached hydrogen (secondary N) is 2. The molecule has 6 N–H and O–H groups in total. The molecule has 1 saturated heterocycles. The van der Waals surface area contributed by atoms with Crippen molar-refractivity contribution in [1.82, 2.24) is 10.6 Å². The van der Waals surface area contributed by atoms with Crippen LogP contribution in [0.3, 0.4) is 0 Å². The second kappa shape index (κ2) is 7.92. The largest absolute Gasteiger partial charge is 0.490 e. The number of carbonyl (C=O) groups excluding carboxylic acids is 2. The molecule has 2 aliphatic rings. The standard InChI is InChI=1S/C17H23N5O3.ClH/c1-10-8-12(25-11-4-6-20-7-5-11)2-3-13(10)17(16(19)24)14(15(18)23)21-9-22-17;/h2-3,8-9,11,14,20H,4-7H2,1H3,(H2,18,23)(H2,19,24)(H,21,22);1H. The molecule has 2 atom stereocenters. The van der Waals surface area contributed by atoms with Crippen LogP contribution in [0.2, 0.25) is 0 Å². The Bertz CT molecular complexity index is 720. The Hall–Kier alpha value is -2.32. The lowest BCUT2D eigenvalue weighted by Crippen LogP contribution is -2.59. The van der Waals surface area contributed by atoms with Gasteiger partial charge in [0.2, 0.25) is 5.91 Å². The molecule has 0 radical (unpaired) electrons. The maximum Gasteiger partial charge on any atom is 0.250 e. The van der Waals surface area contributed by atoms with Crippen LogP contribution in [0.4, 0.5) is 0 Å². The van der Waals surface area contributed by atoms with Crippen LogP contribution in [-0.4, -0.2) is 43.4 Å². The van der Waals surface area contributed by atoms with Gasteiger partial charge < -0.3 is 26.8 Å². The van der Waals surface area contributed by atoms with Gasteiger partial charge in [0, 0.05) is 0 Å². The maximum atomic E-state index is 12.2. The molecule has 26 heavy (non-hydrogen) atoms. The molecule has 142 valence electrons. The highest BCUT2D eigenvalue weighted by Gasteiger charge is 2.52. The van der Waals surface area contributed by atoms with Crippen LogP contribution < -0.4 is 26.8 Å². The van der Waals surface area contributed by atoms with Crippen LogP contribution in [-0.2, 0) is 15.1 Å². The molecular weight excluding hydrogens is 358 g/mol. The zero-order valence-electron chi connectivity index (χ0n) is 14.5. The van der Waals surface area contributed by atoms with Crippen LogP contribution >= 0.6 is 12.4 Å². The topological polar surface area (TPSA) is 132 Å². The molecule has 9 heteroatoms. The van der Waals surface area contributed by atoms with E-state index < -0.39 is 23.4 Å². The first-order valence-electron chi connectivity index (χ1n) is 8.32. The van der Waals surface area contributed by atoms with Gasteiger partial charge in [-0.05, 0) is 56.1 Å². The van der Waals surface area contributed by atoms with Crippen molar-refractivity contribution >= 4 is 30.6 Å². The Morgan fingerprint density at radius 2 is 1.96 bits per heavy atom. The van der Waals surface area contributed by atoms with Gasteiger partial charge in [-0.2, -0.15) is 0 Å². The molecule has 2 amide bonds. The predicted molar refractivity (Wildman–Crippen MR) is 100 cm³/mol. The number of aryl methyl sites for hydroxylation is 1. The fourth-order valence-corrected chi connectivity index (χ4v) is 3.51. The van der Waals surface area contributed by atoms with Crippen molar-refractivity contribution in [3.63, 3.8) is 0 Å². The summed E-state index contributed by atoms with van der Waals surface area (Å²) < 4.78 is 6.02. The van der Waals surface area contributed by atoms with Gasteiger partial charge in [-0.25, -0.2) is 0 Å². The van der Waals surface area contributed by atoms with E-state index in [2.05, 4.69) is 15.6 Å². The second-order valence-corrected chi connectivity index (χ2v) is 6.44. The number of ether oxygens (including phenoxy) is 1. The zero-order chi connectivity index (χ0) is 18.0. The molecule has 2 unspecified atom stereocenters. The van der Waals surface area contributed by atoms with Crippen LogP contribution in [0.5, 0.6) is 5.75 Å². The van der Waals surface area contributed by atoms with Gasteiger partial charge in [-0.15, -0.1) is 12.4 Å². The minimum Gasteiger partial charge on any atom is -0.490 e. The molecule has 0 aromatic heterocycles. The summed E-state index contributed by atoms with van der Waals surface area (Å²) in [7, 11) is 0.